The Kier molecular flexibility index (Phi) is 16.2. The van der Waals surface area contributed by atoms with Crippen molar-refractivity contribution < 1.29 is 49.0 Å². The molecule has 5 N–H and O–H groups in total. The lowest BCUT2D eigenvalue weighted by Crippen LogP contribution is -2.59. The fourth-order valence-electron chi connectivity index (χ4n) is 8.34. The number of carbonyl (C=O) groups is 2. The van der Waals surface area contributed by atoms with Crippen molar-refractivity contribution in [2.24, 2.45) is 23.7 Å². The molecular weight excluding hydrogens is 658 g/mol. The zero-order valence-electron chi connectivity index (χ0n) is 33.2. The molecule has 13 heteroatoms. The van der Waals surface area contributed by atoms with Crippen molar-refractivity contribution in [3.05, 3.63) is 0 Å². The van der Waals surface area contributed by atoms with Crippen LogP contribution in [0.2, 0.25) is 0 Å². The van der Waals surface area contributed by atoms with Crippen LogP contribution in [0.4, 0.5) is 0 Å². The van der Waals surface area contributed by atoms with Gasteiger partial charge in [0.15, 0.2) is 6.29 Å². The van der Waals surface area contributed by atoms with Gasteiger partial charge in [-0.2, -0.15) is 0 Å². The number of hydrogen-bond donors (Lipinski definition) is 5. The molecule has 1 aliphatic carbocycles. The zero-order valence-corrected chi connectivity index (χ0v) is 33.2. The molecule has 0 bridgehead atoms. The molecule has 0 unspecified atom stereocenters. The summed E-state index contributed by atoms with van der Waals surface area (Å²) in [5.74, 6) is -2.11. The molecule has 0 radical (unpaired) electrons. The number of hydrogen-bond acceptors (Lipinski definition) is 12. The van der Waals surface area contributed by atoms with Gasteiger partial charge in [0.1, 0.15) is 23.9 Å². The first-order valence-corrected chi connectivity index (χ1v) is 19.3. The third-order valence-electron chi connectivity index (χ3n) is 11.8. The summed E-state index contributed by atoms with van der Waals surface area (Å²) in [5, 5.41) is 49.9. The average Bonchev–Trinajstić information content (AvgIpc) is 3.01. The van der Waals surface area contributed by atoms with E-state index in [0.29, 0.717) is 25.9 Å². The minimum absolute atomic E-state index is 0.0511. The number of esters is 1. The molecule has 3 fully saturated rings. The average molecular weight is 730 g/mol. The van der Waals surface area contributed by atoms with Gasteiger partial charge in [-0.1, -0.05) is 27.2 Å². The summed E-state index contributed by atoms with van der Waals surface area (Å²) in [5.41, 5.74) is -3.24. The molecule has 51 heavy (non-hydrogen) atoms. The van der Waals surface area contributed by atoms with Crippen LogP contribution < -0.4 is 5.32 Å². The molecule has 0 aromatic heterocycles. The Hall–Kier alpha value is -1.42. The monoisotopic (exact) mass is 730 g/mol. The van der Waals surface area contributed by atoms with Crippen molar-refractivity contribution in [2.75, 3.05) is 40.8 Å². The molecule has 2 heterocycles. The molecule has 2 aliphatic heterocycles. The Morgan fingerprint density at radius 2 is 1.75 bits per heavy atom. The smallest absolute Gasteiger partial charge is 0.311 e. The van der Waals surface area contributed by atoms with Gasteiger partial charge in [0.25, 0.3) is 0 Å². The molecule has 0 spiro atoms. The highest BCUT2D eigenvalue weighted by Crippen LogP contribution is 2.37. The topological polar surface area (TPSA) is 170 Å². The number of rotatable bonds is 10. The van der Waals surface area contributed by atoms with E-state index >= 15 is 0 Å². The third-order valence-corrected chi connectivity index (χ3v) is 11.8. The van der Waals surface area contributed by atoms with Gasteiger partial charge >= 0.3 is 5.97 Å². The van der Waals surface area contributed by atoms with Gasteiger partial charge in [0, 0.05) is 43.6 Å². The number of nitrogens with one attached hydrogen (secondary N) is 1. The van der Waals surface area contributed by atoms with E-state index in [0.717, 1.165) is 19.3 Å². The fourth-order valence-corrected chi connectivity index (χ4v) is 8.34. The van der Waals surface area contributed by atoms with E-state index in [9.17, 15) is 30.0 Å². The van der Waals surface area contributed by atoms with Crippen LogP contribution in [0.3, 0.4) is 0 Å². The number of aliphatic hydroxyl groups excluding tert-OH is 2. The molecule has 2 saturated heterocycles. The first kappa shape index (κ1) is 44.0. The summed E-state index contributed by atoms with van der Waals surface area (Å²) in [6.45, 7) is 15.4. The summed E-state index contributed by atoms with van der Waals surface area (Å²) in [6, 6.07) is -0.749. The summed E-state index contributed by atoms with van der Waals surface area (Å²) >= 11 is 0. The maximum Gasteiger partial charge on any atom is 0.311 e. The van der Waals surface area contributed by atoms with Gasteiger partial charge < -0.3 is 54.5 Å². The molecule has 298 valence electrons. The highest BCUT2D eigenvalue weighted by molar-refractivity contribution is 5.79. The molecule has 1 amide bonds. The Morgan fingerprint density at radius 1 is 1.10 bits per heavy atom. The van der Waals surface area contributed by atoms with E-state index in [1.54, 1.807) is 20.8 Å². The number of ether oxygens (including phenoxy) is 4. The second kappa shape index (κ2) is 18.8. The highest BCUT2D eigenvalue weighted by atomic mass is 16.7. The maximum absolute atomic E-state index is 14.0. The summed E-state index contributed by atoms with van der Waals surface area (Å²) in [4.78, 5) is 30.3. The fraction of sp³-hybridized carbons (Fsp3) is 0.947. The molecule has 13 nitrogen and oxygen atoms in total. The molecule has 3 aliphatic rings. The first-order chi connectivity index (χ1) is 23.7. The van der Waals surface area contributed by atoms with Crippen molar-refractivity contribution in [3.8, 4) is 0 Å². The molecule has 3 rings (SSSR count). The quantitative estimate of drug-likeness (QED) is 0.165. The SMILES string of the molecule is CC[C@H]1OC(=O)[C@H](C)[C@@H](OCCCNC(=O)C2CCC2)[C@H](C)[C@@H](O[C@@H]2O[C@H](C)C[C@H](N(C)C)[C@H]2O)[C@](C)(O)C[C@@H](C)CN(C)[C@H](C)[C@@H](O)[C@]1(C)O. The number of carbonyl (C=O) groups excluding carboxylic acids is 2. The van der Waals surface area contributed by atoms with Crippen molar-refractivity contribution in [1.82, 2.24) is 15.1 Å². The van der Waals surface area contributed by atoms with Gasteiger partial charge in [-0.15, -0.1) is 0 Å². The first-order valence-electron chi connectivity index (χ1n) is 19.3. The van der Waals surface area contributed by atoms with Crippen LogP contribution in [0, 0.1) is 23.7 Å². The number of likely N-dealkylation sites (N-methyl/N-ethyl adjacent to an activating group) is 2. The lowest BCUT2D eigenvalue weighted by atomic mass is 9.77. The van der Waals surface area contributed by atoms with E-state index in [-0.39, 0.29) is 49.3 Å². The third kappa shape index (κ3) is 11.1. The number of cyclic esters (lactones) is 1. The standard InChI is InChI=1S/C38H71N3O10/c1-12-29-38(8,47)32(43)26(6)41(11)21-22(2)20-37(7,46)33(51-36-30(42)28(40(9)10)19-23(3)49-36)24(4)31(25(5)35(45)50-29)48-18-14-17-39-34(44)27-15-13-16-27/h22-33,36,42-43,46-47H,12-21H2,1-11H3,(H,39,44)/t22-,23-,24+,25-,26-,28+,29-,30-,31+,32-,33-,36+,37-,38-/m1/s1. The van der Waals surface area contributed by atoms with E-state index in [1.807, 2.05) is 58.6 Å². The van der Waals surface area contributed by atoms with Crippen LogP contribution in [-0.2, 0) is 28.5 Å². The van der Waals surface area contributed by atoms with Crippen molar-refractivity contribution in [3.63, 3.8) is 0 Å². The number of amides is 1. The Labute approximate surface area is 306 Å². The lowest BCUT2D eigenvalue weighted by Gasteiger charge is -2.47. The van der Waals surface area contributed by atoms with Gasteiger partial charge in [0.2, 0.25) is 5.91 Å². The molecular formula is C38H71N3O10. The second-order valence-electron chi connectivity index (χ2n) is 16.7. The van der Waals surface area contributed by atoms with Crippen molar-refractivity contribution in [1.29, 1.82) is 0 Å². The summed E-state index contributed by atoms with van der Waals surface area (Å²) in [7, 11) is 5.65. The zero-order chi connectivity index (χ0) is 38.4. The minimum Gasteiger partial charge on any atom is -0.459 e. The predicted octanol–water partition coefficient (Wildman–Crippen LogP) is 2.31. The van der Waals surface area contributed by atoms with E-state index in [2.05, 4.69) is 5.32 Å². The van der Waals surface area contributed by atoms with Gasteiger partial charge in [0.05, 0.1) is 29.8 Å². The maximum atomic E-state index is 14.0. The molecule has 0 aromatic carbocycles. The predicted molar refractivity (Wildman–Crippen MR) is 194 cm³/mol. The number of nitrogens with zero attached hydrogens (tertiary/aromatic N) is 2. The van der Waals surface area contributed by atoms with Crippen LogP contribution in [0.5, 0.6) is 0 Å². The summed E-state index contributed by atoms with van der Waals surface area (Å²) in [6.07, 6.45) is -1.81. The van der Waals surface area contributed by atoms with Gasteiger partial charge in [-0.25, -0.2) is 0 Å². The lowest BCUT2D eigenvalue weighted by molar-refractivity contribution is -0.300. The molecule has 1 saturated carbocycles. The van der Waals surface area contributed by atoms with E-state index < -0.39 is 71.9 Å². The van der Waals surface area contributed by atoms with Crippen LogP contribution in [-0.4, -0.2) is 149 Å². The van der Waals surface area contributed by atoms with Crippen molar-refractivity contribution in [2.45, 2.75) is 167 Å². The molecule has 14 atom stereocenters. The highest BCUT2D eigenvalue weighted by Gasteiger charge is 2.50. The van der Waals surface area contributed by atoms with E-state index in [1.165, 1.54) is 6.92 Å². The van der Waals surface area contributed by atoms with Crippen LogP contribution in [0.1, 0.15) is 100 Å². The largest absolute Gasteiger partial charge is 0.459 e. The second-order valence-corrected chi connectivity index (χ2v) is 16.7. The Morgan fingerprint density at radius 3 is 2.31 bits per heavy atom. The molecule has 0 aromatic rings. The van der Waals surface area contributed by atoms with Gasteiger partial charge in [-0.3, -0.25) is 9.59 Å². The normalized spacial score (nSPS) is 42.8. The van der Waals surface area contributed by atoms with E-state index in [4.69, 9.17) is 18.9 Å². The van der Waals surface area contributed by atoms with Crippen LogP contribution >= 0.6 is 0 Å². The van der Waals surface area contributed by atoms with Crippen molar-refractivity contribution >= 4 is 11.9 Å². The van der Waals surface area contributed by atoms with Gasteiger partial charge in [-0.05, 0) is 100 Å². The minimum atomic E-state index is -1.76. The Bertz CT molecular complexity index is 1100. The number of aliphatic hydroxyl groups is 4. The summed E-state index contributed by atoms with van der Waals surface area (Å²) < 4.78 is 25.3. The van der Waals surface area contributed by atoms with Crippen LogP contribution in [0.25, 0.3) is 0 Å². The van der Waals surface area contributed by atoms with Crippen LogP contribution in [0.15, 0.2) is 0 Å². The Balaban J connectivity index is 2.01.